The Labute approximate surface area is 172 Å². The number of hydrogen-bond donors (Lipinski definition) is 4. The Morgan fingerprint density at radius 3 is 2.76 bits per heavy atom. The van der Waals surface area contributed by atoms with Crippen molar-refractivity contribution in [1.29, 1.82) is 0 Å². The van der Waals surface area contributed by atoms with E-state index in [0.29, 0.717) is 34.0 Å². The molecule has 1 aromatic heterocycles. The number of nitrogens with two attached hydrogens (primary N) is 2. The van der Waals surface area contributed by atoms with E-state index in [-0.39, 0.29) is 11.0 Å². The van der Waals surface area contributed by atoms with Crippen molar-refractivity contribution in [3.8, 4) is 11.1 Å². The van der Waals surface area contributed by atoms with Gasteiger partial charge in [0, 0.05) is 47.6 Å². The Hall–Kier alpha value is -3.65. The van der Waals surface area contributed by atoms with Crippen LogP contribution in [-0.2, 0) is 0 Å². The van der Waals surface area contributed by atoms with Crippen molar-refractivity contribution in [3.05, 3.63) is 71.4 Å². The Bertz CT molecular complexity index is 1060. The summed E-state index contributed by atoms with van der Waals surface area (Å²) < 4.78 is 13.9. The van der Waals surface area contributed by atoms with E-state index in [9.17, 15) is 4.39 Å². The fourth-order valence-corrected chi connectivity index (χ4v) is 2.82. The number of hydrogen-bond acceptors (Lipinski definition) is 7. The first-order valence-electron chi connectivity index (χ1n) is 8.55. The Kier molecular flexibility index (Phi) is 6.25. The molecule has 0 aliphatic carbocycles. The van der Waals surface area contributed by atoms with Gasteiger partial charge in [0.15, 0.2) is 0 Å². The van der Waals surface area contributed by atoms with Crippen LogP contribution in [0.15, 0.2) is 65.6 Å². The largest absolute Gasteiger partial charge is 0.403 e. The lowest BCUT2D eigenvalue weighted by molar-refractivity contribution is 0.628. The SMILES string of the molecule is CN=C/C(=C\N)Nc1ncc(-c2cc(F)cc(Cl)c2)c(Nc2cccc(N)c2)n1. The number of nitrogens with zero attached hydrogens (tertiary/aromatic N) is 3. The fraction of sp³-hybridized carbons (Fsp3) is 0.0500. The van der Waals surface area contributed by atoms with Gasteiger partial charge in [-0.05, 0) is 42.0 Å². The number of allylic oxidation sites excluding steroid dienone is 1. The van der Waals surface area contributed by atoms with E-state index in [2.05, 4.69) is 25.6 Å². The third-order valence-electron chi connectivity index (χ3n) is 3.82. The first-order chi connectivity index (χ1) is 14.0. The van der Waals surface area contributed by atoms with Gasteiger partial charge >= 0.3 is 0 Å². The molecule has 0 aliphatic rings. The summed E-state index contributed by atoms with van der Waals surface area (Å²) in [5.74, 6) is 0.246. The maximum atomic E-state index is 13.9. The summed E-state index contributed by atoms with van der Waals surface area (Å²) >= 11 is 6.02. The number of benzene rings is 2. The highest BCUT2D eigenvalue weighted by Gasteiger charge is 2.13. The maximum absolute atomic E-state index is 13.9. The van der Waals surface area contributed by atoms with Gasteiger partial charge in [0.25, 0.3) is 0 Å². The van der Waals surface area contributed by atoms with Crippen molar-refractivity contribution in [1.82, 2.24) is 9.97 Å². The van der Waals surface area contributed by atoms with Crippen molar-refractivity contribution in [3.63, 3.8) is 0 Å². The quantitative estimate of drug-likeness (QED) is 0.357. The molecule has 9 heteroatoms. The van der Waals surface area contributed by atoms with Crippen LogP contribution < -0.4 is 22.1 Å². The topological polar surface area (TPSA) is 114 Å². The van der Waals surface area contributed by atoms with Gasteiger partial charge in [-0.15, -0.1) is 0 Å². The number of aromatic nitrogens is 2. The third-order valence-corrected chi connectivity index (χ3v) is 4.03. The third kappa shape index (κ3) is 5.20. The monoisotopic (exact) mass is 411 g/mol. The molecule has 0 amide bonds. The normalized spacial score (nSPS) is 11.6. The highest BCUT2D eigenvalue weighted by Crippen LogP contribution is 2.32. The van der Waals surface area contributed by atoms with Gasteiger partial charge < -0.3 is 22.1 Å². The molecule has 0 radical (unpaired) electrons. The molecule has 6 N–H and O–H groups in total. The van der Waals surface area contributed by atoms with Crippen LogP contribution in [0, 0.1) is 5.82 Å². The molecule has 3 rings (SSSR count). The van der Waals surface area contributed by atoms with Crippen molar-refractivity contribution < 1.29 is 4.39 Å². The molecule has 1 heterocycles. The predicted molar refractivity (Wildman–Crippen MR) is 117 cm³/mol. The number of rotatable bonds is 6. The van der Waals surface area contributed by atoms with Gasteiger partial charge in [-0.3, -0.25) is 4.99 Å². The van der Waals surface area contributed by atoms with Crippen molar-refractivity contribution in [2.24, 2.45) is 10.7 Å². The van der Waals surface area contributed by atoms with Crippen LogP contribution in [0.3, 0.4) is 0 Å². The van der Waals surface area contributed by atoms with Gasteiger partial charge in [-0.25, -0.2) is 9.37 Å². The van der Waals surface area contributed by atoms with Crippen molar-refractivity contribution in [2.45, 2.75) is 0 Å². The standard InChI is InChI=1S/C20H19ClFN7/c1-25-10-17(9-23)28-20-26-11-18(12-5-13(21)7-14(22)6-12)19(29-20)27-16-4-2-3-15(24)8-16/h2-11H,23-24H2,1H3,(H2,26,27,28,29)/b17-9+,25-10?. The molecule has 0 fully saturated rings. The molecule has 0 unspecified atom stereocenters. The summed E-state index contributed by atoms with van der Waals surface area (Å²) in [5.41, 5.74) is 14.3. The molecule has 2 aromatic carbocycles. The molecule has 0 saturated carbocycles. The minimum atomic E-state index is -0.461. The summed E-state index contributed by atoms with van der Waals surface area (Å²) in [6.07, 6.45) is 4.45. The average Bonchev–Trinajstić information content (AvgIpc) is 2.67. The van der Waals surface area contributed by atoms with E-state index in [0.717, 1.165) is 0 Å². The number of halogens is 2. The Balaban J connectivity index is 2.07. The average molecular weight is 412 g/mol. The Morgan fingerprint density at radius 2 is 2.07 bits per heavy atom. The highest BCUT2D eigenvalue weighted by molar-refractivity contribution is 6.30. The first kappa shape index (κ1) is 20.1. The number of nitrogens with one attached hydrogen (secondary N) is 2. The molecule has 29 heavy (non-hydrogen) atoms. The maximum Gasteiger partial charge on any atom is 0.229 e. The zero-order valence-corrected chi connectivity index (χ0v) is 16.3. The van der Waals surface area contributed by atoms with Gasteiger partial charge in [-0.1, -0.05) is 17.7 Å². The second kappa shape index (κ2) is 9.03. The number of anilines is 4. The molecule has 0 aliphatic heterocycles. The highest BCUT2D eigenvalue weighted by atomic mass is 35.5. The first-order valence-corrected chi connectivity index (χ1v) is 8.93. The van der Waals surface area contributed by atoms with Crippen molar-refractivity contribution in [2.75, 3.05) is 23.4 Å². The molecule has 0 bridgehead atoms. The second-order valence-electron chi connectivity index (χ2n) is 6.00. The summed E-state index contributed by atoms with van der Waals surface area (Å²) in [4.78, 5) is 12.7. The molecule has 148 valence electrons. The van der Waals surface area contributed by atoms with Crippen LogP contribution >= 0.6 is 11.6 Å². The van der Waals surface area contributed by atoms with Gasteiger partial charge in [0.05, 0.1) is 5.70 Å². The van der Waals surface area contributed by atoms with Gasteiger partial charge in [0.2, 0.25) is 5.95 Å². The van der Waals surface area contributed by atoms with E-state index in [1.165, 1.54) is 24.5 Å². The summed E-state index contributed by atoms with van der Waals surface area (Å²) in [5, 5.41) is 6.43. The number of aliphatic imine (C=N–C) groups is 1. The molecular weight excluding hydrogens is 393 g/mol. The van der Waals surface area contributed by atoms with Crippen LogP contribution in [-0.4, -0.2) is 23.2 Å². The zero-order chi connectivity index (χ0) is 20.8. The van der Waals surface area contributed by atoms with E-state index < -0.39 is 5.82 Å². The lowest BCUT2D eigenvalue weighted by atomic mass is 10.1. The van der Waals surface area contributed by atoms with Crippen LogP contribution in [0.5, 0.6) is 0 Å². The molecule has 0 atom stereocenters. The zero-order valence-electron chi connectivity index (χ0n) is 15.5. The summed E-state index contributed by atoms with van der Waals surface area (Å²) in [7, 11) is 1.62. The molecule has 3 aromatic rings. The second-order valence-corrected chi connectivity index (χ2v) is 6.44. The molecular formula is C20H19ClFN7. The van der Waals surface area contributed by atoms with Gasteiger partial charge in [-0.2, -0.15) is 4.98 Å². The minimum Gasteiger partial charge on any atom is -0.403 e. The number of nitrogen functional groups attached to an aromatic ring is 1. The van der Waals surface area contributed by atoms with Crippen LogP contribution in [0.25, 0.3) is 11.1 Å². The van der Waals surface area contributed by atoms with Crippen molar-refractivity contribution >= 4 is 41.0 Å². The van der Waals surface area contributed by atoms with Crippen LogP contribution in [0.1, 0.15) is 0 Å². The lowest BCUT2D eigenvalue weighted by Gasteiger charge is -2.14. The van der Waals surface area contributed by atoms with E-state index >= 15 is 0 Å². The smallest absolute Gasteiger partial charge is 0.229 e. The van der Waals surface area contributed by atoms with Crippen LogP contribution in [0.4, 0.5) is 27.5 Å². The predicted octanol–water partition coefficient (Wildman–Crippen LogP) is 4.17. The lowest BCUT2D eigenvalue weighted by Crippen LogP contribution is -2.08. The molecule has 0 saturated heterocycles. The Morgan fingerprint density at radius 1 is 1.24 bits per heavy atom. The fourth-order valence-electron chi connectivity index (χ4n) is 2.60. The van der Waals surface area contributed by atoms with E-state index in [4.69, 9.17) is 23.1 Å². The van der Waals surface area contributed by atoms with Gasteiger partial charge in [0.1, 0.15) is 11.6 Å². The minimum absolute atomic E-state index is 0.268. The molecule has 0 spiro atoms. The van der Waals surface area contributed by atoms with Crippen LogP contribution in [0.2, 0.25) is 5.02 Å². The van der Waals surface area contributed by atoms with E-state index in [1.54, 1.807) is 31.4 Å². The molecule has 7 nitrogen and oxygen atoms in total. The summed E-state index contributed by atoms with van der Waals surface area (Å²) in [6, 6.07) is 11.4. The van der Waals surface area contributed by atoms with E-state index in [1.807, 2.05) is 12.1 Å². The summed E-state index contributed by atoms with van der Waals surface area (Å²) in [6.45, 7) is 0.